The summed E-state index contributed by atoms with van der Waals surface area (Å²) in [5.41, 5.74) is 3.90. The highest BCUT2D eigenvalue weighted by atomic mass is 16.5. The molecule has 0 unspecified atom stereocenters. The van der Waals surface area contributed by atoms with E-state index in [2.05, 4.69) is 21.3 Å². The van der Waals surface area contributed by atoms with Gasteiger partial charge in [0.15, 0.2) is 11.5 Å². The first kappa shape index (κ1) is 23.2. The lowest BCUT2D eigenvalue weighted by molar-refractivity contribution is 0.122. The number of hydrogen-bond donors (Lipinski definition) is 2. The minimum Gasteiger partial charge on any atom is -0.508 e. The number of anilines is 3. The Morgan fingerprint density at radius 2 is 1.89 bits per heavy atom. The number of phenolic OH excluding ortho intramolecular Hbond substituents is 1. The third kappa shape index (κ3) is 4.94. The molecule has 5 rings (SSSR count). The van der Waals surface area contributed by atoms with Crippen LogP contribution in [0.5, 0.6) is 17.2 Å². The number of rotatable bonds is 7. The fraction of sp³-hybridized carbons (Fsp3) is 0.222. The quantitative estimate of drug-likeness (QED) is 0.395. The third-order valence-corrected chi connectivity index (χ3v) is 5.92. The van der Waals surface area contributed by atoms with Crippen molar-refractivity contribution in [2.75, 3.05) is 43.6 Å². The molecule has 0 amide bonds. The molecule has 1 aromatic heterocycles. The molecular formula is C27H25N5O4. The molecule has 0 atom stereocenters. The van der Waals surface area contributed by atoms with Gasteiger partial charge >= 0.3 is 0 Å². The van der Waals surface area contributed by atoms with Gasteiger partial charge in [0.25, 0.3) is 0 Å². The Kier molecular flexibility index (Phi) is 6.69. The summed E-state index contributed by atoms with van der Waals surface area (Å²) in [6.45, 7) is 3.09. The maximum Gasteiger partial charge on any atom is 0.162 e. The molecular weight excluding hydrogens is 458 g/mol. The number of nitriles is 1. The fourth-order valence-electron chi connectivity index (χ4n) is 4.00. The smallest absolute Gasteiger partial charge is 0.162 e. The van der Waals surface area contributed by atoms with E-state index < -0.39 is 0 Å². The average molecular weight is 484 g/mol. The van der Waals surface area contributed by atoms with Crippen molar-refractivity contribution in [3.05, 3.63) is 71.9 Å². The van der Waals surface area contributed by atoms with E-state index in [0.717, 1.165) is 30.2 Å². The van der Waals surface area contributed by atoms with Crippen molar-refractivity contribution in [2.45, 2.75) is 6.61 Å². The first-order valence-corrected chi connectivity index (χ1v) is 11.5. The van der Waals surface area contributed by atoms with Crippen molar-refractivity contribution in [1.82, 2.24) is 9.97 Å². The van der Waals surface area contributed by atoms with Gasteiger partial charge in [-0.05, 0) is 42.0 Å². The first-order chi connectivity index (χ1) is 17.6. The second kappa shape index (κ2) is 10.4. The van der Waals surface area contributed by atoms with Crippen molar-refractivity contribution in [3.63, 3.8) is 0 Å². The van der Waals surface area contributed by atoms with Gasteiger partial charge in [-0.25, -0.2) is 4.98 Å². The summed E-state index contributed by atoms with van der Waals surface area (Å²) >= 11 is 0. The average Bonchev–Trinajstić information content (AvgIpc) is 2.93. The summed E-state index contributed by atoms with van der Waals surface area (Å²) in [5, 5.41) is 22.7. The topological polar surface area (TPSA) is 113 Å². The number of benzene rings is 3. The molecule has 1 aliphatic rings. The SMILES string of the molecule is COc1cc(Nc2ccc3ncc(N4CCOCC4)nc3c2C#N)ccc1OCc1ccc(O)cc1. The molecule has 3 aromatic carbocycles. The van der Waals surface area contributed by atoms with Gasteiger partial charge in [-0.15, -0.1) is 0 Å². The Hall–Kier alpha value is -4.55. The van der Waals surface area contributed by atoms with Gasteiger partial charge in [0.1, 0.15) is 35.3 Å². The number of ether oxygens (including phenoxy) is 3. The Bertz CT molecular complexity index is 1410. The molecule has 182 valence electrons. The van der Waals surface area contributed by atoms with Crippen LogP contribution in [0.3, 0.4) is 0 Å². The maximum atomic E-state index is 9.98. The zero-order valence-corrected chi connectivity index (χ0v) is 19.8. The molecule has 1 saturated heterocycles. The minimum atomic E-state index is 0.209. The van der Waals surface area contributed by atoms with Crippen molar-refractivity contribution in [2.24, 2.45) is 0 Å². The monoisotopic (exact) mass is 483 g/mol. The summed E-state index contributed by atoms with van der Waals surface area (Å²) in [7, 11) is 1.58. The standard InChI is InChI=1S/C27H25N5O4/c1-34-25-14-19(4-9-24(25)36-17-18-2-5-20(33)6-3-18)30-22-7-8-23-27(21(22)15-28)31-26(16-29-23)32-10-12-35-13-11-32/h2-9,14,16,30,33H,10-13,17H2,1H3. The van der Waals surface area contributed by atoms with Gasteiger partial charge in [0, 0.05) is 24.8 Å². The lowest BCUT2D eigenvalue weighted by Crippen LogP contribution is -2.36. The Morgan fingerprint density at radius 3 is 2.64 bits per heavy atom. The molecule has 9 heteroatoms. The van der Waals surface area contributed by atoms with Gasteiger partial charge in [0.05, 0.1) is 37.7 Å². The van der Waals surface area contributed by atoms with Gasteiger partial charge in [-0.3, -0.25) is 4.98 Å². The second-order valence-corrected chi connectivity index (χ2v) is 8.24. The van der Waals surface area contributed by atoms with Crippen molar-refractivity contribution in [3.8, 4) is 23.3 Å². The highest BCUT2D eigenvalue weighted by molar-refractivity contribution is 5.89. The number of fused-ring (bicyclic) bond motifs is 1. The molecule has 36 heavy (non-hydrogen) atoms. The second-order valence-electron chi connectivity index (χ2n) is 8.24. The van der Waals surface area contributed by atoms with Crippen LogP contribution in [0.4, 0.5) is 17.2 Å². The summed E-state index contributed by atoms with van der Waals surface area (Å²) in [6.07, 6.45) is 1.74. The highest BCUT2D eigenvalue weighted by Crippen LogP contribution is 2.34. The van der Waals surface area contributed by atoms with Gasteiger partial charge < -0.3 is 29.5 Å². The first-order valence-electron chi connectivity index (χ1n) is 11.5. The van der Waals surface area contributed by atoms with Crippen LogP contribution in [0.1, 0.15) is 11.1 Å². The third-order valence-electron chi connectivity index (χ3n) is 5.92. The molecule has 2 heterocycles. The van der Waals surface area contributed by atoms with Crippen LogP contribution in [-0.2, 0) is 11.3 Å². The normalized spacial score (nSPS) is 13.3. The molecule has 0 aliphatic carbocycles. The Morgan fingerprint density at radius 1 is 1.08 bits per heavy atom. The lowest BCUT2D eigenvalue weighted by Gasteiger charge is -2.27. The number of morpholine rings is 1. The number of nitrogens with zero attached hydrogens (tertiary/aromatic N) is 4. The predicted octanol–water partition coefficient (Wildman–Crippen LogP) is 4.37. The Labute approximate surface area is 208 Å². The van der Waals surface area contributed by atoms with E-state index in [1.807, 2.05) is 30.3 Å². The molecule has 2 N–H and O–H groups in total. The van der Waals surface area contributed by atoms with Gasteiger partial charge in [0.2, 0.25) is 0 Å². The van der Waals surface area contributed by atoms with Crippen LogP contribution < -0.4 is 19.7 Å². The fourth-order valence-corrected chi connectivity index (χ4v) is 4.00. The van der Waals surface area contributed by atoms with Crippen LogP contribution in [-0.4, -0.2) is 48.5 Å². The number of methoxy groups -OCH3 is 1. The van der Waals surface area contributed by atoms with Gasteiger partial charge in [-0.1, -0.05) is 12.1 Å². The zero-order chi connectivity index (χ0) is 24.9. The number of aromatic hydroxyl groups is 1. The molecule has 9 nitrogen and oxygen atoms in total. The zero-order valence-electron chi connectivity index (χ0n) is 19.8. The van der Waals surface area contributed by atoms with Crippen LogP contribution >= 0.6 is 0 Å². The van der Waals surface area contributed by atoms with Crippen molar-refractivity contribution in [1.29, 1.82) is 5.26 Å². The Balaban J connectivity index is 1.39. The number of phenols is 1. The molecule has 0 bridgehead atoms. The van der Waals surface area contributed by atoms with E-state index in [1.165, 1.54) is 0 Å². The van der Waals surface area contributed by atoms with Crippen LogP contribution in [0.15, 0.2) is 60.8 Å². The van der Waals surface area contributed by atoms with Crippen molar-refractivity contribution >= 4 is 28.2 Å². The van der Waals surface area contributed by atoms with Crippen LogP contribution in [0.2, 0.25) is 0 Å². The van der Waals surface area contributed by atoms with Crippen molar-refractivity contribution < 1.29 is 19.3 Å². The van der Waals surface area contributed by atoms with Crippen LogP contribution in [0.25, 0.3) is 11.0 Å². The molecule has 4 aromatic rings. The van der Waals surface area contributed by atoms with E-state index in [0.29, 0.717) is 53.6 Å². The summed E-state index contributed by atoms with van der Waals surface area (Å²) in [4.78, 5) is 11.4. The number of aromatic nitrogens is 2. The summed E-state index contributed by atoms with van der Waals surface area (Å²) in [6, 6.07) is 18.3. The largest absolute Gasteiger partial charge is 0.508 e. The highest BCUT2D eigenvalue weighted by Gasteiger charge is 2.17. The summed E-state index contributed by atoms with van der Waals surface area (Å²) < 4.78 is 16.9. The van der Waals surface area contributed by atoms with Gasteiger partial charge in [-0.2, -0.15) is 5.26 Å². The molecule has 1 aliphatic heterocycles. The van der Waals surface area contributed by atoms with E-state index in [-0.39, 0.29) is 5.75 Å². The van der Waals surface area contributed by atoms with Crippen LogP contribution in [0, 0.1) is 11.3 Å². The minimum absolute atomic E-state index is 0.209. The number of nitrogens with one attached hydrogen (secondary N) is 1. The summed E-state index contributed by atoms with van der Waals surface area (Å²) in [5.74, 6) is 2.07. The maximum absolute atomic E-state index is 9.98. The van der Waals surface area contributed by atoms with E-state index in [1.54, 1.807) is 37.6 Å². The molecule has 0 saturated carbocycles. The van der Waals surface area contributed by atoms with E-state index in [4.69, 9.17) is 19.2 Å². The molecule has 0 radical (unpaired) electrons. The predicted molar refractivity (Wildman–Crippen MR) is 136 cm³/mol. The molecule has 0 spiro atoms. The van der Waals surface area contributed by atoms with E-state index in [9.17, 15) is 10.4 Å². The number of hydrogen-bond acceptors (Lipinski definition) is 9. The lowest BCUT2D eigenvalue weighted by atomic mass is 10.1. The molecule has 1 fully saturated rings. The van der Waals surface area contributed by atoms with E-state index >= 15 is 0 Å².